The molecule has 0 aliphatic heterocycles. The van der Waals surface area contributed by atoms with Crippen molar-refractivity contribution >= 4 is 5.69 Å². The molecule has 66 valence electrons. The first kappa shape index (κ1) is 7.79. The number of nitrogens with zero attached hydrogens (tertiary/aromatic N) is 2. The van der Waals surface area contributed by atoms with E-state index >= 15 is 0 Å². The van der Waals surface area contributed by atoms with E-state index in [1.54, 1.807) is 18.6 Å². The fourth-order valence-electron chi connectivity index (χ4n) is 1.21. The third kappa shape index (κ3) is 1.38. The van der Waals surface area contributed by atoms with Gasteiger partial charge in [0.15, 0.2) is 0 Å². The molecule has 2 rings (SSSR count). The van der Waals surface area contributed by atoms with Crippen molar-refractivity contribution in [2.75, 3.05) is 5.73 Å². The summed E-state index contributed by atoms with van der Waals surface area (Å²) in [4.78, 5) is 11.1. The summed E-state index contributed by atoms with van der Waals surface area (Å²) in [6.07, 6.45) is 5.11. The Balaban J connectivity index is 2.52. The molecule has 0 atom stereocenters. The first-order valence-electron chi connectivity index (χ1n) is 3.99. The molecule has 4 heteroatoms. The first-order valence-corrected chi connectivity index (χ1v) is 3.99. The standard InChI is InChI=1S/C9H10N4/c1-6-12-5-9(13-6)7-2-3-11-4-8(7)10/h2-5H,10H2,1H3,(H,12,13). The summed E-state index contributed by atoms with van der Waals surface area (Å²) < 4.78 is 0. The molecule has 0 spiro atoms. The highest BCUT2D eigenvalue weighted by molar-refractivity contribution is 5.72. The summed E-state index contributed by atoms with van der Waals surface area (Å²) in [6, 6.07) is 1.86. The minimum atomic E-state index is 0.658. The van der Waals surface area contributed by atoms with Crippen LogP contribution in [0.15, 0.2) is 24.7 Å². The number of H-pyrrole nitrogens is 1. The zero-order valence-electron chi connectivity index (χ0n) is 7.28. The Morgan fingerprint density at radius 3 is 2.85 bits per heavy atom. The van der Waals surface area contributed by atoms with Crippen LogP contribution in [0.1, 0.15) is 5.82 Å². The SMILES string of the molecule is Cc1ncc(-c2ccncc2N)[nH]1. The van der Waals surface area contributed by atoms with Gasteiger partial charge in [0.05, 0.1) is 23.8 Å². The Morgan fingerprint density at radius 1 is 1.38 bits per heavy atom. The van der Waals surface area contributed by atoms with Crippen molar-refractivity contribution in [3.05, 3.63) is 30.5 Å². The second-order valence-corrected chi connectivity index (χ2v) is 2.85. The molecule has 0 unspecified atom stereocenters. The minimum absolute atomic E-state index is 0.658. The number of aryl methyl sites for hydroxylation is 1. The van der Waals surface area contributed by atoms with Gasteiger partial charge in [0.1, 0.15) is 5.82 Å². The van der Waals surface area contributed by atoms with Gasteiger partial charge in [0, 0.05) is 11.8 Å². The summed E-state index contributed by atoms with van der Waals surface area (Å²) in [6.45, 7) is 1.90. The summed E-state index contributed by atoms with van der Waals surface area (Å²) in [5, 5.41) is 0. The van der Waals surface area contributed by atoms with Crippen LogP contribution in [-0.2, 0) is 0 Å². The van der Waals surface area contributed by atoms with E-state index in [2.05, 4.69) is 15.0 Å². The van der Waals surface area contributed by atoms with Gasteiger partial charge in [0.25, 0.3) is 0 Å². The van der Waals surface area contributed by atoms with Crippen molar-refractivity contribution in [2.24, 2.45) is 0 Å². The highest BCUT2D eigenvalue weighted by Crippen LogP contribution is 2.22. The lowest BCUT2D eigenvalue weighted by Crippen LogP contribution is -1.90. The van der Waals surface area contributed by atoms with E-state index in [0.717, 1.165) is 17.1 Å². The predicted octanol–water partition coefficient (Wildman–Crippen LogP) is 1.36. The number of rotatable bonds is 1. The van der Waals surface area contributed by atoms with Crippen molar-refractivity contribution in [3.8, 4) is 11.3 Å². The lowest BCUT2D eigenvalue weighted by molar-refractivity contribution is 1.15. The minimum Gasteiger partial charge on any atom is -0.397 e. The number of nitrogens with one attached hydrogen (secondary N) is 1. The summed E-state index contributed by atoms with van der Waals surface area (Å²) >= 11 is 0. The maximum absolute atomic E-state index is 5.75. The molecule has 3 N–H and O–H groups in total. The fourth-order valence-corrected chi connectivity index (χ4v) is 1.21. The third-order valence-corrected chi connectivity index (χ3v) is 1.84. The van der Waals surface area contributed by atoms with Gasteiger partial charge in [-0.3, -0.25) is 4.98 Å². The second kappa shape index (κ2) is 2.90. The van der Waals surface area contributed by atoms with Gasteiger partial charge in [-0.2, -0.15) is 0 Å². The van der Waals surface area contributed by atoms with Gasteiger partial charge in [-0.15, -0.1) is 0 Å². The first-order chi connectivity index (χ1) is 6.27. The molecule has 0 radical (unpaired) electrons. The monoisotopic (exact) mass is 174 g/mol. The van der Waals surface area contributed by atoms with E-state index in [1.807, 2.05) is 13.0 Å². The molecular weight excluding hydrogens is 164 g/mol. The van der Waals surface area contributed by atoms with Gasteiger partial charge < -0.3 is 10.7 Å². The van der Waals surface area contributed by atoms with E-state index in [0.29, 0.717) is 5.69 Å². The number of aromatic amines is 1. The molecule has 0 saturated heterocycles. The molecule has 0 amide bonds. The number of nitrogens with two attached hydrogens (primary N) is 1. The number of hydrogen-bond donors (Lipinski definition) is 2. The molecule has 0 aliphatic rings. The molecule has 0 bridgehead atoms. The maximum Gasteiger partial charge on any atom is 0.103 e. The highest BCUT2D eigenvalue weighted by Gasteiger charge is 2.03. The number of nitrogen functional groups attached to an aromatic ring is 1. The van der Waals surface area contributed by atoms with E-state index in [1.165, 1.54) is 0 Å². The van der Waals surface area contributed by atoms with Gasteiger partial charge in [0.2, 0.25) is 0 Å². The number of pyridine rings is 1. The smallest absolute Gasteiger partial charge is 0.103 e. The number of aromatic nitrogens is 3. The van der Waals surface area contributed by atoms with Gasteiger partial charge in [-0.25, -0.2) is 4.98 Å². The maximum atomic E-state index is 5.75. The highest BCUT2D eigenvalue weighted by atomic mass is 14.9. The Bertz CT molecular complexity index is 419. The van der Waals surface area contributed by atoms with Crippen molar-refractivity contribution in [1.82, 2.24) is 15.0 Å². The van der Waals surface area contributed by atoms with E-state index in [-0.39, 0.29) is 0 Å². The largest absolute Gasteiger partial charge is 0.397 e. The molecule has 4 nitrogen and oxygen atoms in total. The summed E-state index contributed by atoms with van der Waals surface area (Å²) in [5.41, 5.74) is 8.28. The van der Waals surface area contributed by atoms with Gasteiger partial charge in [-0.05, 0) is 13.0 Å². The topological polar surface area (TPSA) is 67.6 Å². The Hall–Kier alpha value is -1.84. The molecule has 0 fully saturated rings. The molecule has 0 aromatic carbocycles. The number of anilines is 1. The fraction of sp³-hybridized carbons (Fsp3) is 0.111. The Labute approximate surface area is 75.8 Å². The predicted molar refractivity (Wildman–Crippen MR) is 51.0 cm³/mol. The molecule has 2 heterocycles. The molecule has 2 aromatic heterocycles. The van der Waals surface area contributed by atoms with Crippen LogP contribution in [0, 0.1) is 6.92 Å². The quantitative estimate of drug-likeness (QED) is 0.686. The lowest BCUT2D eigenvalue weighted by Gasteiger charge is -2.00. The van der Waals surface area contributed by atoms with Crippen molar-refractivity contribution in [3.63, 3.8) is 0 Å². The van der Waals surface area contributed by atoms with Crippen LogP contribution in [-0.4, -0.2) is 15.0 Å². The molecule has 13 heavy (non-hydrogen) atoms. The number of hydrogen-bond acceptors (Lipinski definition) is 3. The van der Waals surface area contributed by atoms with Gasteiger partial charge in [-0.1, -0.05) is 0 Å². The molecular formula is C9H10N4. The average Bonchev–Trinajstić information content (AvgIpc) is 2.53. The van der Waals surface area contributed by atoms with Crippen LogP contribution < -0.4 is 5.73 Å². The lowest BCUT2D eigenvalue weighted by atomic mass is 10.2. The van der Waals surface area contributed by atoms with Crippen LogP contribution in [0.2, 0.25) is 0 Å². The average molecular weight is 174 g/mol. The van der Waals surface area contributed by atoms with Crippen molar-refractivity contribution in [2.45, 2.75) is 6.92 Å². The van der Waals surface area contributed by atoms with Crippen LogP contribution in [0.5, 0.6) is 0 Å². The van der Waals surface area contributed by atoms with Crippen LogP contribution in [0.25, 0.3) is 11.3 Å². The van der Waals surface area contributed by atoms with Gasteiger partial charge >= 0.3 is 0 Å². The van der Waals surface area contributed by atoms with Crippen LogP contribution >= 0.6 is 0 Å². The normalized spacial score (nSPS) is 10.2. The van der Waals surface area contributed by atoms with Crippen LogP contribution in [0.3, 0.4) is 0 Å². The number of imidazole rings is 1. The zero-order chi connectivity index (χ0) is 9.26. The van der Waals surface area contributed by atoms with E-state index in [4.69, 9.17) is 5.73 Å². The third-order valence-electron chi connectivity index (χ3n) is 1.84. The van der Waals surface area contributed by atoms with E-state index in [9.17, 15) is 0 Å². The zero-order valence-corrected chi connectivity index (χ0v) is 7.28. The molecule has 0 saturated carbocycles. The Morgan fingerprint density at radius 2 is 2.23 bits per heavy atom. The van der Waals surface area contributed by atoms with Crippen molar-refractivity contribution < 1.29 is 0 Å². The molecule has 0 aliphatic carbocycles. The second-order valence-electron chi connectivity index (χ2n) is 2.85. The Kier molecular flexibility index (Phi) is 1.73. The van der Waals surface area contributed by atoms with Crippen molar-refractivity contribution in [1.29, 1.82) is 0 Å². The van der Waals surface area contributed by atoms with Crippen LogP contribution in [0.4, 0.5) is 5.69 Å². The summed E-state index contributed by atoms with van der Waals surface area (Å²) in [7, 11) is 0. The molecule has 2 aromatic rings. The summed E-state index contributed by atoms with van der Waals surface area (Å²) in [5.74, 6) is 0.881. The van der Waals surface area contributed by atoms with E-state index < -0.39 is 0 Å².